The molecule has 1 N–H and O–H groups in total. The molecule has 1 aromatic carbocycles. The number of hydrazine groups is 1. The van der Waals surface area contributed by atoms with E-state index in [4.69, 9.17) is 0 Å². The van der Waals surface area contributed by atoms with Crippen molar-refractivity contribution in [2.75, 3.05) is 0 Å². The summed E-state index contributed by atoms with van der Waals surface area (Å²) in [5.41, 5.74) is 11.6. The predicted molar refractivity (Wildman–Crippen MR) is 116 cm³/mol. The van der Waals surface area contributed by atoms with E-state index in [1.165, 1.54) is 22.3 Å². The van der Waals surface area contributed by atoms with Crippen molar-refractivity contribution in [3.05, 3.63) is 46.6 Å². The number of aryl methyl sites for hydroxylation is 2. The van der Waals surface area contributed by atoms with Gasteiger partial charge in [-0.3, -0.25) is 0 Å². The Bertz CT molecular complexity index is 922. The number of nitrogens with zero attached hydrogens (tertiary/aromatic N) is 5. The van der Waals surface area contributed by atoms with Gasteiger partial charge in [-0.2, -0.15) is 20.1 Å². The second-order valence-corrected chi connectivity index (χ2v) is 8.29. The van der Waals surface area contributed by atoms with Crippen molar-refractivity contribution in [3.63, 3.8) is 0 Å². The average Bonchev–Trinajstić information content (AvgIpc) is 3.20. The zero-order chi connectivity index (χ0) is 20.6. The van der Waals surface area contributed by atoms with E-state index in [0.29, 0.717) is 12.1 Å². The Morgan fingerprint density at radius 3 is 1.93 bits per heavy atom. The van der Waals surface area contributed by atoms with E-state index < -0.39 is 0 Å². The summed E-state index contributed by atoms with van der Waals surface area (Å²) in [6.07, 6.45) is 4.39. The van der Waals surface area contributed by atoms with Crippen LogP contribution in [0.15, 0.2) is 40.5 Å². The molecule has 28 heavy (non-hydrogen) atoms. The predicted octanol–water partition coefficient (Wildman–Crippen LogP) is 4.47. The number of aromatic nitrogens is 3. The standard InChI is InChI=1S/C11H17N3.C11H15N3/c2*1-7(2)14-12-10-5-8(3)9(4)6-11(10)13-14/h5-7,10,12H,1-4H3;5-7H,1-4H3. The van der Waals surface area contributed by atoms with Crippen LogP contribution >= 0.6 is 0 Å². The second-order valence-electron chi connectivity index (χ2n) is 8.29. The lowest BCUT2D eigenvalue weighted by Gasteiger charge is -2.20. The summed E-state index contributed by atoms with van der Waals surface area (Å²) in [7, 11) is 0. The Balaban J connectivity index is 0.000000161. The molecular weight excluding hydrogens is 348 g/mol. The first-order chi connectivity index (χ1) is 13.2. The Kier molecular flexibility index (Phi) is 5.70. The first-order valence-corrected chi connectivity index (χ1v) is 10.0. The summed E-state index contributed by atoms with van der Waals surface area (Å²) in [5, 5.41) is 15.3. The van der Waals surface area contributed by atoms with Crippen LogP contribution in [0.5, 0.6) is 0 Å². The lowest BCUT2D eigenvalue weighted by atomic mass is 9.96. The molecule has 0 amide bonds. The molecule has 1 aromatic heterocycles. The number of hydrazone groups is 1. The van der Waals surface area contributed by atoms with Crippen LogP contribution in [0, 0.1) is 13.8 Å². The van der Waals surface area contributed by atoms with Gasteiger partial charge in [-0.1, -0.05) is 11.6 Å². The Morgan fingerprint density at radius 2 is 1.43 bits per heavy atom. The van der Waals surface area contributed by atoms with Crippen LogP contribution in [-0.2, 0) is 0 Å². The highest BCUT2D eigenvalue weighted by Crippen LogP contribution is 2.21. The monoisotopic (exact) mass is 380 g/mol. The molecule has 0 saturated heterocycles. The highest BCUT2D eigenvalue weighted by molar-refractivity contribution is 6.03. The first kappa shape index (κ1) is 20.3. The number of rotatable bonds is 2. The molecule has 4 rings (SSSR count). The minimum Gasteiger partial charge on any atom is -0.226 e. The summed E-state index contributed by atoms with van der Waals surface area (Å²) < 4.78 is 0. The molecule has 1 aliphatic heterocycles. The molecule has 150 valence electrons. The number of nitrogens with one attached hydrogen (secondary N) is 1. The molecule has 1 atom stereocenters. The SMILES string of the molecule is CC1=CC2=NN(C(C)C)NC2C=C1C.Cc1cc2nn(C(C)C)nc2cc1C. The fraction of sp³-hybridized carbons (Fsp3) is 0.500. The van der Waals surface area contributed by atoms with Gasteiger partial charge in [0, 0.05) is 0 Å². The summed E-state index contributed by atoms with van der Waals surface area (Å²) in [6.45, 7) is 16.9. The maximum atomic E-state index is 4.51. The van der Waals surface area contributed by atoms with E-state index in [9.17, 15) is 0 Å². The highest BCUT2D eigenvalue weighted by atomic mass is 15.7. The van der Waals surface area contributed by atoms with Gasteiger partial charge in [0.15, 0.2) is 0 Å². The van der Waals surface area contributed by atoms with Crippen molar-refractivity contribution in [1.82, 2.24) is 25.5 Å². The van der Waals surface area contributed by atoms with E-state index in [1.807, 2.05) is 5.12 Å². The third-order valence-corrected chi connectivity index (χ3v) is 5.18. The van der Waals surface area contributed by atoms with Crippen LogP contribution < -0.4 is 5.43 Å². The first-order valence-electron chi connectivity index (χ1n) is 10.0. The second kappa shape index (κ2) is 7.87. The molecule has 2 aliphatic rings. The molecule has 0 radical (unpaired) electrons. The molecule has 0 saturated carbocycles. The summed E-state index contributed by atoms with van der Waals surface area (Å²) >= 11 is 0. The van der Waals surface area contributed by atoms with Crippen molar-refractivity contribution >= 4 is 16.7 Å². The van der Waals surface area contributed by atoms with Crippen molar-refractivity contribution < 1.29 is 0 Å². The van der Waals surface area contributed by atoms with Crippen LogP contribution in [0.2, 0.25) is 0 Å². The topological polar surface area (TPSA) is 58.3 Å². The Morgan fingerprint density at radius 1 is 0.857 bits per heavy atom. The molecule has 0 spiro atoms. The number of allylic oxidation sites excluding steroid dienone is 2. The summed E-state index contributed by atoms with van der Waals surface area (Å²) in [6, 6.07) is 5.19. The van der Waals surface area contributed by atoms with Gasteiger partial charge in [0.2, 0.25) is 0 Å². The average molecular weight is 381 g/mol. The third-order valence-electron chi connectivity index (χ3n) is 5.18. The zero-order valence-electron chi connectivity index (χ0n) is 18.3. The lowest BCUT2D eigenvalue weighted by Crippen LogP contribution is -2.40. The third kappa shape index (κ3) is 4.17. The molecule has 6 heteroatoms. The largest absolute Gasteiger partial charge is 0.226 e. The van der Waals surface area contributed by atoms with Gasteiger partial charge in [0.25, 0.3) is 0 Å². The summed E-state index contributed by atoms with van der Waals surface area (Å²) in [5.74, 6) is 0. The molecule has 2 heterocycles. The minimum absolute atomic E-state index is 0.279. The van der Waals surface area contributed by atoms with E-state index >= 15 is 0 Å². The van der Waals surface area contributed by atoms with Gasteiger partial charge < -0.3 is 0 Å². The van der Waals surface area contributed by atoms with Gasteiger partial charge in [0.05, 0.1) is 23.8 Å². The van der Waals surface area contributed by atoms with Gasteiger partial charge >= 0.3 is 0 Å². The smallest absolute Gasteiger partial charge is 0.113 e. The van der Waals surface area contributed by atoms with E-state index in [1.54, 1.807) is 4.80 Å². The van der Waals surface area contributed by atoms with Gasteiger partial charge in [0.1, 0.15) is 11.0 Å². The fourth-order valence-corrected chi connectivity index (χ4v) is 3.07. The van der Waals surface area contributed by atoms with Crippen LogP contribution in [0.25, 0.3) is 11.0 Å². The molecule has 1 unspecified atom stereocenters. The molecule has 6 nitrogen and oxygen atoms in total. The van der Waals surface area contributed by atoms with E-state index in [2.05, 4.69) is 100 Å². The van der Waals surface area contributed by atoms with Gasteiger partial charge in [-0.05, 0) is 90.3 Å². The lowest BCUT2D eigenvalue weighted by molar-refractivity contribution is 0.170. The van der Waals surface area contributed by atoms with Crippen molar-refractivity contribution in [2.24, 2.45) is 5.10 Å². The van der Waals surface area contributed by atoms with E-state index in [0.717, 1.165) is 16.7 Å². The molecular formula is C22H32N6. The normalized spacial score (nSPS) is 18.7. The van der Waals surface area contributed by atoms with Crippen LogP contribution in [0.4, 0.5) is 0 Å². The maximum Gasteiger partial charge on any atom is 0.113 e. The molecule has 0 fully saturated rings. The molecule has 2 aromatic rings. The number of benzene rings is 1. The van der Waals surface area contributed by atoms with Crippen molar-refractivity contribution in [1.29, 1.82) is 0 Å². The Hall–Kier alpha value is -2.47. The van der Waals surface area contributed by atoms with Gasteiger partial charge in [-0.15, -0.1) is 0 Å². The van der Waals surface area contributed by atoms with E-state index in [-0.39, 0.29) is 6.04 Å². The van der Waals surface area contributed by atoms with Crippen LogP contribution in [0.1, 0.15) is 58.7 Å². The maximum absolute atomic E-state index is 4.51. The minimum atomic E-state index is 0.279. The fourth-order valence-electron chi connectivity index (χ4n) is 3.07. The number of hydrogen-bond acceptors (Lipinski definition) is 5. The quantitative estimate of drug-likeness (QED) is 0.835. The zero-order valence-corrected chi connectivity index (χ0v) is 18.3. The van der Waals surface area contributed by atoms with Crippen molar-refractivity contribution in [3.8, 4) is 0 Å². The number of fused-ring (bicyclic) bond motifs is 2. The molecule has 1 aliphatic carbocycles. The van der Waals surface area contributed by atoms with Gasteiger partial charge in [-0.25, -0.2) is 10.5 Å². The Labute approximate surface area is 168 Å². The highest BCUT2D eigenvalue weighted by Gasteiger charge is 2.26. The van der Waals surface area contributed by atoms with Crippen LogP contribution in [-0.4, -0.2) is 37.9 Å². The molecule has 0 bridgehead atoms. The summed E-state index contributed by atoms with van der Waals surface area (Å²) in [4.78, 5) is 1.77. The van der Waals surface area contributed by atoms with Crippen molar-refractivity contribution in [2.45, 2.75) is 73.5 Å². The van der Waals surface area contributed by atoms with Crippen LogP contribution in [0.3, 0.4) is 0 Å². The number of hydrogen-bond donors (Lipinski definition) is 1.